The van der Waals surface area contributed by atoms with E-state index in [0.29, 0.717) is 25.9 Å². The van der Waals surface area contributed by atoms with Crippen LogP contribution in [-0.2, 0) is 14.4 Å². The van der Waals surface area contributed by atoms with Gasteiger partial charge in [0.2, 0.25) is 17.7 Å². The predicted octanol–water partition coefficient (Wildman–Crippen LogP) is 5.13. The van der Waals surface area contributed by atoms with Crippen LogP contribution in [-0.4, -0.2) is 42.6 Å². The molecule has 0 bridgehead atoms. The van der Waals surface area contributed by atoms with Crippen LogP contribution in [0.4, 0.5) is 0 Å². The Bertz CT molecular complexity index is 783. The van der Waals surface area contributed by atoms with Crippen LogP contribution in [0.25, 0.3) is 0 Å². The molecule has 0 saturated carbocycles. The number of amides is 3. The van der Waals surface area contributed by atoms with E-state index in [0.717, 1.165) is 38.5 Å². The molecule has 1 atom stereocenters. The topological polar surface area (TPSA) is 87.3 Å². The maximum Gasteiger partial charge on any atom is 0.243 e. The van der Waals surface area contributed by atoms with Gasteiger partial charge in [-0.3, -0.25) is 14.4 Å². The first-order valence-electron chi connectivity index (χ1n) is 12.8. The summed E-state index contributed by atoms with van der Waals surface area (Å²) in [6.07, 6.45) is 32.7. The van der Waals surface area contributed by atoms with Gasteiger partial charge in [-0.2, -0.15) is 12.6 Å². The lowest BCUT2D eigenvalue weighted by Gasteiger charge is -2.15. The summed E-state index contributed by atoms with van der Waals surface area (Å²) >= 11 is 4.06. The first-order valence-corrected chi connectivity index (χ1v) is 13.5. The van der Waals surface area contributed by atoms with Gasteiger partial charge in [0.05, 0.1) is 0 Å². The van der Waals surface area contributed by atoms with Gasteiger partial charge in [0.25, 0.3) is 0 Å². The number of hydrogen-bond acceptors (Lipinski definition) is 4. The van der Waals surface area contributed by atoms with E-state index in [-0.39, 0.29) is 23.5 Å². The van der Waals surface area contributed by atoms with E-state index >= 15 is 0 Å². The highest BCUT2D eigenvalue weighted by molar-refractivity contribution is 7.80. The quantitative estimate of drug-likeness (QED) is 0.103. The smallest absolute Gasteiger partial charge is 0.243 e. The number of thiol groups is 1. The number of allylic oxidation sites excluding steroid dienone is 12. The largest absolute Gasteiger partial charge is 0.354 e. The third-order valence-electron chi connectivity index (χ3n) is 4.76. The van der Waals surface area contributed by atoms with Crippen molar-refractivity contribution in [3.63, 3.8) is 0 Å². The Hall–Kier alpha value is -2.80. The third kappa shape index (κ3) is 23.0. The molecule has 0 fully saturated rings. The van der Waals surface area contributed by atoms with E-state index < -0.39 is 6.04 Å². The molecule has 0 heterocycles. The zero-order valence-electron chi connectivity index (χ0n) is 22.0. The Morgan fingerprint density at radius 3 is 1.58 bits per heavy atom. The molecular formula is C29H45N3O3S. The summed E-state index contributed by atoms with van der Waals surface area (Å²) in [4.78, 5) is 34.8. The van der Waals surface area contributed by atoms with Crippen LogP contribution < -0.4 is 16.0 Å². The van der Waals surface area contributed by atoms with Crippen molar-refractivity contribution in [2.45, 2.75) is 71.3 Å². The summed E-state index contributed by atoms with van der Waals surface area (Å²) in [5, 5.41) is 7.96. The lowest BCUT2D eigenvalue weighted by molar-refractivity contribution is -0.127. The molecule has 0 aromatic carbocycles. The van der Waals surface area contributed by atoms with Gasteiger partial charge in [-0.05, 0) is 44.9 Å². The van der Waals surface area contributed by atoms with Crippen molar-refractivity contribution in [3.05, 3.63) is 72.9 Å². The molecule has 0 saturated heterocycles. The molecule has 1 unspecified atom stereocenters. The Balaban J connectivity index is 3.72. The lowest BCUT2D eigenvalue weighted by atomic mass is 10.2. The monoisotopic (exact) mass is 515 g/mol. The van der Waals surface area contributed by atoms with E-state index in [9.17, 15) is 14.4 Å². The predicted molar refractivity (Wildman–Crippen MR) is 155 cm³/mol. The Labute approximate surface area is 223 Å². The van der Waals surface area contributed by atoms with Crippen molar-refractivity contribution in [3.8, 4) is 0 Å². The number of rotatable bonds is 20. The molecule has 0 spiro atoms. The van der Waals surface area contributed by atoms with Gasteiger partial charge in [0, 0.05) is 32.2 Å². The zero-order valence-corrected chi connectivity index (χ0v) is 22.9. The van der Waals surface area contributed by atoms with Crippen LogP contribution in [0.1, 0.15) is 65.2 Å². The first-order chi connectivity index (χ1) is 17.5. The summed E-state index contributed by atoms with van der Waals surface area (Å²) in [6.45, 7) is 4.13. The van der Waals surface area contributed by atoms with Gasteiger partial charge >= 0.3 is 0 Å². The second-order valence-corrected chi connectivity index (χ2v) is 8.40. The molecule has 3 N–H and O–H groups in total. The number of nitrogens with one attached hydrogen (secondary N) is 3. The van der Waals surface area contributed by atoms with E-state index in [4.69, 9.17) is 0 Å². The minimum Gasteiger partial charge on any atom is -0.354 e. The van der Waals surface area contributed by atoms with E-state index in [1.54, 1.807) is 0 Å². The average molecular weight is 516 g/mol. The molecule has 6 nitrogen and oxygen atoms in total. The van der Waals surface area contributed by atoms with Crippen molar-refractivity contribution < 1.29 is 14.4 Å². The van der Waals surface area contributed by atoms with Crippen molar-refractivity contribution in [2.75, 3.05) is 18.8 Å². The van der Waals surface area contributed by atoms with E-state index in [1.807, 2.05) is 6.08 Å². The number of carbonyl (C=O) groups excluding carboxylic acids is 3. The van der Waals surface area contributed by atoms with Gasteiger partial charge in [-0.25, -0.2) is 0 Å². The molecular weight excluding hydrogens is 470 g/mol. The van der Waals surface area contributed by atoms with Crippen LogP contribution >= 0.6 is 12.6 Å². The van der Waals surface area contributed by atoms with Gasteiger partial charge in [-0.15, -0.1) is 0 Å². The van der Waals surface area contributed by atoms with Crippen molar-refractivity contribution >= 4 is 30.4 Å². The SMILES string of the molecule is CCC=CCC=CCC=CCC=CCC=CCC=CCCC(=O)NCCNC(=O)C(CS)NC(C)=O. The Morgan fingerprint density at radius 1 is 0.694 bits per heavy atom. The minimum absolute atomic E-state index is 0.0589. The summed E-state index contributed by atoms with van der Waals surface area (Å²) in [6, 6.07) is -0.672. The maximum absolute atomic E-state index is 11.9. The zero-order chi connectivity index (χ0) is 26.7. The van der Waals surface area contributed by atoms with E-state index in [1.165, 1.54) is 6.92 Å². The third-order valence-corrected chi connectivity index (χ3v) is 5.12. The summed E-state index contributed by atoms with van der Waals surface area (Å²) in [7, 11) is 0. The number of carbonyl (C=O) groups is 3. The molecule has 0 aliphatic heterocycles. The molecule has 0 aromatic heterocycles. The van der Waals surface area contributed by atoms with Crippen molar-refractivity contribution in [2.24, 2.45) is 0 Å². The summed E-state index contributed by atoms with van der Waals surface area (Å²) in [5.41, 5.74) is 0. The summed E-state index contributed by atoms with van der Waals surface area (Å²) < 4.78 is 0. The highest BCUT2D eigenvalue weighted by Gasteiger charge is 2.16. The molecule has 7 heteroatoms. The first kappa shape index (κ1) is 33.2. The highest BCUT2D eigenvalue weighted by atomic mass is 32.1. The molecule has 200 valence electrons. The van der Waals surface area contributed by atoms with Crippen LogP contribution in [0.5, 0.6) is 0 Å². The van der Waals surface area contributed by atoms with Crippen LogP contribution in [0.2, 0.25) is 0 Å². The fraction of sp³-hybridized carbons (Fsp3) is 0.483. The molecule has 0 aliphatic carbocycles. The standard InChI is InChI=1S/C29H45N3O3S/c1-3-4-5-6-7-8-9-10-11-12-13-14-15-16-17-18-19-20-21-22-28(34)30-23-24-31-29(35)27(25-36)32-26(2)33/h4-5,7-8,10-11,13-14,16-17,19-20,27,36H,3,6,9,12,15,18,21-25H2,1-2H3,(H,30,34)(H,31,35)(H,32,33). The highest BCUT2D eigenvalue weighted by Crippen LogP contribution is 1.98. The minimum atomic E-state index is -0.672. The molecule has 0 rings (SSSR count). The van der Waals surface area contributed by atoms with Crippen molar-refractivity contribution in [1.82, 2.24) is 16.0 Å². The molecule has 0 radical (unpaired) electrons. The molecule has 3 amide bonds. The second kappa shape index (κ2) is 25.3. The Kier molecular flexibility index (Phi) is 23.3. The molecule has 0 aliphatic rings. The number of hydrogen-bond donors (Lipinski definition) is 4. The van der Waals surface area contributed by atoms with Crippen LogP contribution in [0.3, 0.4) is 0 Å². The lowest BCUT2D eigenvalue weighted by Crippen LogP contribution is -2.48. The van der Waals surface area contributed by atoms with Gasteiger partial charge in [-0.1, -0.05) is 79.8 Å². The van der Waals surface area contributed by atoms with Gasteiger partial charge < -0.3 is 16.0 Å². The fourth-order valence-electron chi connectivity index (χ4n) is 2.89. The Morgan fingerprint density at radius 2 is 1.14 bits per heavy atom. The van der Waals surface area contributed by atoms with E-state index in [2.05, 4.69) is 102 Å². The normalized spacial score (nSPS) is 13.1. The average Bonchev–Trinajstić information content (AvgIpc) is 2.86. The van der Waals surface area contributed by atoms with Gasteiger partial charge in [0.1, 0.15) is 6.04 Å². The fourth-order valence-corrected chi connectivity index (χ4v) is 3.15. The maximum atomic E-state index is 11.9. The molecule has 36 heavy (non-hydrogen) atoms. The van der Waals surface area contributed by atoms with Crippen LogP contribution in [0.15, 0.2) is 72.9 Å². The summed E-state index contributed by atoms with van der Waals surface area (Å²) in [5.74, 6) is -0.445. The van der Waals surface area contributed by atoms with Gasteiger partial charge in [0.15, 0.2) is 0 Å². The van der Waals surface area contributed by atoms with Crippen LogP contribution in [0, 0.1) is 0 Å². The molecule has 0 aromatic rings. The van der Waals surface area contributed by atoms with Crippen molar-refractivity contribution in [1.29, 1.82) is 0 Å². The second-order valence-electron chi connectivity index (χ2n) is 8.03.